The van der Waals surface area contributed by atoms with Gasteiger partial charge in [0, 0.05) is 47.1 Å². The molecule has 5 rings (SSSR count). The number of aryl methyl sites for hydroxylation is 1. The molecular weight excluding hydrogens is 394 g/mol. The van der Waals surface area contributed by atoms with Crippen LogP contribution >= 0.6 is 11.9 Å². The average molecular weight is 420 g/mol. The lowest BCUT2D eigenvalue weighted by Crippen LogP contribution is -2.16. The van der Waals surface area contributed by atoms with Gasteiger partial charge in [0.05, 0.1) is 0 Å². The number of aromatic nitrogens is 2. The fraction of sp³-hybridized carbons (Fsp3) is 0.333. The van der Waals surface area contributed by atoms with Gasteiger partial charge in [-0.05, 0) is 36.4 Å². The van der Waals surface area contributed by atoms with Crippen LogP contribution in [0, 0.1) is 0 Å². The van der Waals surface area contributed by atoms with Gasteiger partial charge in [0.1, 0.15) is 5.52 Å². The highest BCUT2D eigenvalue weighted by molar-refractivity contribution is 8.00. The van der Waals surface area contributed by atoms with Gasteiger partial charge >= 0.3 is 0 Å². The lowest BCUT2D eigenvalue weighted by Gasteiger charge is -2.12. The smallest absolute Gasteiger partial charge is 0.258 e. The first-order valence-electron chi connectivity index (χ1n) is 10.6. The Balaban J connectivity index is 1.78. The van der Waals surface area contributed by atoms with Gasteiger partial charge in [-0.2, -0.15) is 0 Å². The van der Waals surface area contributed by atoms with E-state index in [1.807, 2.05) is 30.5 Å². The molecule has 0 atom stereocenters. The molecule has 0 amide bonds. The predicted octanol–water partition coefficient (Wildman–Crippen LogP) is 6.08. The summed E-state index contributed by atoms with van der Waals surface area (Å²) in [7, 11) is 1.80. The summed E-state index contributed by atoms with van der Waals surface area (Å²) in [6, 6.07) is 12.0. The van der Waals surface area contributed by atoms with Crippen LogP contribution in [0.15, 0.2) is 51.8 Å². The van der Waals surface area contributed by atoms with Crippen molar-refractivity contribution in [3.05, 3.63) is 58.8 Å². The summed E-state index contributed by atoms with van der Waals surface area (Å²) in [6.45, 7) is 2.12. The minimum absolute atomic E-state index is 0.00521. The molecule has 5 nitrogen and oxygen atoms in total. The number of benzene rings is 2. The Hall–Kier alpha value is -2.73. The number of anilines is 1. The number of nitrogens with one attached hydrogen (secondary N) is 1. The summed E-state index contributed by atoms with van der Waals surface area (Å²) in [5.41, 5.74) is 4.62. The largest absolute Gasteiger partial charge is 0.440 e. The van der Waals surface area contributed by atoms with Crippen molar-refractivity contribution in [1.29, 1.82) is 0 Å². The molecule has 2 heterocycles. The predicted molar refractivity (Wildman–Crippen MR) is 125 cm³/mol. The second-order valence-electron chi connectivity index (χ2n) is 7.95. The highest BCUT2D eigenvalue weighted by Crippen LogP contribution is 2.40. The van der Waals surface area contributed by atoms with Crippen molar-refractivity contribution in [2.45, 2.75) is 38.5 Å². The van der Waals surface area contributed by atoms with E-state index in [1.165, 1.54) is 12.8 Å². The normalized spacial score (nSPS) is 14.7. The van der Waals surface area contributed by atoms with Gasteiger partial charge in [0.15, 0.2) is 11.5 Å². The van der Waals surface area contributed by atoms with Crippen molar-refractivity contribution in [2.24, 2.45) is 7.05 Å². The number of nitrogens with zero attached hydrogens (tertiary/aromatic N) is 2. The van der Waals surface area contributed by atoms with E-state index in [-0.39, 0.29) is 5.56 Å². The molecule has 154 valence electrons. The van der Waals surface area contributed by atoms with Crippen LogP contribution in [0.2, 0.25) is 0 Å². The molecule has 2 aromatic carbocycles. The summed E-state index contributed by atoms with van der Waals surface area (Å²) in [5, 5.41) is 1.64. The van der Waals surface area contributed by atoms with E-state index < -0.39 is 0 Å². The fourth-order valence-corrected chi connectivity index (χ4v) is 4.87. The Labute approximate surface area is 179 Å². The summed E-state index contributed by atoms with van der Waals surface area (Å²) >= 11 is 1.65. The maximum Gasteiger partial charge on any atom is 0.258 e. The first-order valence-corrected chi connectivity index (χ1v) is 11.6. The molecule has 0 aliphatic heterocycles. The topological polar surface area (TPSA) is 60.1 Å². The highest BCUT2D eigenvalue weighted by Gasteiger charge is 2.24. The zero-order chi connectivity index (χ0) is 20.7. The number of hydrogen-bond donors (Lipinski definition) is 1. The van der Waals surface area contributed by atoms with Crippen LogP contribution in [0.3, 0.4) is 0 Å². The van der Waals surface area contributed by atoms with Gasteiger partial charge in [-0.25, -0.2) is 4.98 Å². The summed E-state index contributed by atoms with van der Waals surface area (Å²) in [5.74, 6) is 2.21. The monoisotopic (exact) mass is 419 g/mol. The second kappa shape index (κ2) is 7.84. The molecule has 2 aromatic heterocycles. The summed E-state index contributed by atoms with van der Waals surface area (Å²) < 4.78 is 11.5. The molecule has 0 radical (unpaired) electrons. The Morgan fingerprint density at radius 2 is 1.93 bits per heavy atom. The van der Waals surface area contributed by atoms with E-state index in [4.69, 9.17) is 9.40 Å². The molecule has 30 heavy (non-hydrogen) atoms. The highest BCUT2D eigenvalue weighted by atomic mass is 32.2. The zero-order valence-corrected chi connectivity index (χ0v) is 18.1. The maximum atomic E-state index is 12.7. The Morgan fingerprint density at radius 3 is 2.70 bits per heavy atom. The van der Waals surface area contributed by atoms with Gasteiger partial charge in [-0.1, -0.05) is 49.9 Å². The maximum absolute atomic E-state index is 12.7. The first kappa shape index (κ1) is 19.2. The quantitative estimate of drug-likeness (QED) is 0.397. The van der Waals surface area contributed by atoms with Crippen molar-refractivity contribution in [1.82, 2.24) is 9.55 Å². The van der Waals surface area contributed by atoms with Gasteiger partial charge in [-0.3, -0.25) is 4.79 Å². The first-order chi connectivity index (χ1) is 14.7. The Morgan fingerprint density at radius 1 is 1.17 bits per heavy atom. The number of oxazole rings is 1. The number of hydrogen-bond acceptors (Lipinski definition) is 5. The van der Waals surface area contributed by atoms with E-state index in [2.05, 4.69) is 23.8 Å². The van der Waals surface area contributed by atoms with E-state index in [0.29, 0.717) is 11.3 Å². The lowest BCUT2D eigenvalue weighted by molar-refractivity contribution is 0.474. The van der Waals surface area contributed by atoms with Gasteiger partial charge in [0.25, 0.3) is 5.56 Å². The van der Waals surface area contributed by atoms with E-state index in [9.17, 15) is 4.79 Å². The lowest BCUT2D eigenvalue weighted by atomic mass is 9.99. The SMILES string of the molecule is CCSNc1cc(-c2cn(C)c(=O)c3ccccc23)c2oc(C3CCCC3)nc2c1. The van der Waals surface area contributed by atoms with Crippen LogP contribution in [-0.2, 0) is 7.05 Å². The van der Waals surface area contributed by atoms with E-state index in [0.717, 1.165) is 57.8 Å². The van der Waals surface area contributed by atoms with E-state index >= 15 is 0 Å². The van der Waals surface area contributed by atoms with Crippen molar-refractivity contribution >= 4 is 39.5 Å². The average Bonchev–Trinajstić information content (AvgIpc) is 3.44. The third kappa shape index (κ3) is 3.29. The van der Waals surface area contributed by atoms with Crippen LogP contribution in [0.5, 0.6) is 0 Å². The van der Waals surface area contributed by atoms with Crippen LogP contribution in [0.25, 0.3) is 33.0 Å². The van der Waals surface area contributed by atoms with Crippen molar-refractivity contribution < 1.29 is 4.42 Å². The molecular formula is C24H25N3O2S. The number of rotatable bonds is 5. The van der Waals surface area contributed by atoms with E-state index in [1.54, 1.807) is 23.6 Å². The molecule has 0 spiro atoms. The van der Waals surface area contributed by atoms with Gasteiger partial charge < -0.3 is 13.7 Å². The van der Waals surface area contributed by atoms with Crippen LogP contribution < -0.4 is 10.3 Å². The third-order valence-electron chi connectivity index (χ3n) is 5.93. The van der Waals surface area contributed by atoms with Crippen molar-refractivity contribution in [3.8, 4) is 11.1 Å². The molecule has 0 saturated heterocycles. The van der Waals surface area contributed by atoms with Crippen LogP contribution in [-0.4, -0.2) is 15.3 Å². The Bertz CT molecular complexity index is 1290. The second-order valence-corrected chi connectivity index (χ2v) is 9.02. The van der Waals surface area contributed by atoms with Crippen molar-refractivity contribution in [2.75, 3.05) is 10.5 Å². The minimum Gasteiger partial charge on any atom is -0.440 e. The zero-order valence-electron chi connectivity index (χ0n) is 17.3. The number of pyridine rings is 1. The fourth-order valence-electron chi connectivity index (χ4n) is 4.44. The molecule has 4 aromatic rings. The summed E-state index contributed by atoms with van der Waals surface area (Å²) in [4.78, 5) is 17.6. The standard InChI is InChI=1S/C24H25N3O2S/c1-3-30-26-16-12-19(20-14-27(2)24(28)18-11-7-6-10-17(18)20)22-21(13-16)25-23(29-22)15-8-4-5-9-15/h6-7,10-15,26H,3-5,8-9H2,1-2H3. The summed E-state index contributed by atoms with van der Waals surface area (Å²) in [6.07, 6.45) is 6.67. The van der Waals surface area contributed by atoms with Gasteiger partial charge in [-0.15, -0.1) is 0 Å². The third-order valence-corrected chi connectivity index (χ3v) is 6.59. The van der Waals surface area contributed by atoms with Crippen LogP contribution in [0.1, 0.15) is 44.4 Å². The Kier molecular flexibility index (Phi) is 5.03. The molecule has 1 aliphatic rings. The van der Waals surface area contributed by atoms with Crippen LogP contribution in [0.4, 0.5) is 5.69 Å². The molecule has 0 bridgehead atoms. The molecule has 1 fully saturated rings. The minimum atomic E-state index is 0.00521. The molecule has 1 N–H and O–H groups in total. The molecule has 1 aliphatic carbocycles. The van der Waals surface area contributed by atoms with Crippen molar-refractivity contribution in [3.63, 3.8) is 0 Å². The molecule has 6 heteroatoms. The molecule has 0 unspecified atom stereocenters. The molecule has 1 saturated carbocycles. The number of fused-ring (bicyclic) bond motifs is 2. The van der Waals surface area contributed by atoms with Gasteiger partial charge in [0.2, 0.25) is 0 Å².